The fraction of sp³-hybridized carbons (Fsp3) is 0.0968. The maximum absolute atomic E-state index is 13.0. The number of hydrogen-bond acceptors (Lipinski definition) is 5. The Labute approximate surface area is 214 Å². The van der Waals surface area contributed by atoms with Crippen molar-refractivity contribution in [1.29, 1.82) is 0 Å². The van der Waals surface area contributed by atoms with Crippen LogP contribution >= 0.6 is 0 Å². The normalized spacial score (nSPS) is 10.8. The van der Waals surface area contributed by atoms with Gasteiger partial charge >= 0.3 is 0 Å². The molecule has 0 aliphatic carbocycles. The topological polar surface area (TPSA) is 77.8 Å². The molecule has 1 amide bonds. The van der Waals surface area contributed by atoms with Gasteiger partial charge in [0.2, 0.25) is 11.2 Å². The summed E-state index contributed by atoms with van der Waals surface area (Å²) in [7, 11) is 0. The molecule has 0 atom stereocenters. The van der Waals surface area contributed by atoms with Gasteiger partial charge in [-0.2, -0.15) is 0 Å². The summed E-state index contributed by atoms with van der Waals surface area (Å²) in [5.74, 6) is 0.745. The number of hydrogen-bond donors (Lipinski definition) is 1. The fourth-order valence-corrected chi connectivity index (χ4v) is 4.01. The Morgan fingerprint density at radius 2 is 1.57 bits per heavy atom. The number of aryl methyl sites for hydroxylation is 2. The molecule has 6 heteroatoms. The third-order valence-electron chi connectivity index (χ3n) is 5.93. The molecular formula is C31H25NO5. The molecule has 1 aromatic heterocycles. The number of rotatable bonds is 7. The van der Waals surface area contributed by atoms with Gasteiger partial charge in [-0.1, -0.05) is 60.2 Å². The van der Waals surface area contributed by atoms with Gasteiger partial charge < -0.3 is 19.2 Å². The zero-order chi connectivity index (χ0) is 25.8. The number of fused-ring (bicyclic) bond motifs is 1. The van der Waals surface area contributed by atoms with Crippen molar-refractivity contribution in [1.82, 2.24) is 0 Å². The number of anilines is 1. The number of benzene rings is 4. The van der Waals surface area contributed by atoms with E-state index in [4.69, 9.17) is 13.9 Å². The van der Waals surface area contributed by atoms with Crippen LogP contribution in [0.3, 0.4) is 0 Å². The molecule has 5 rings (SSSR count). The van der Waals surface area contributed by atoms with Crippen LogP contribution in [0.15, 0.2) is 106 Å². The largest absolute Gasteiger partial charge is 0.484 e. The smallest absolute Gasteiger partial charge is 0.262 e. The SMILES string of the molecule is Cc1ccc(NC(=O)COc2ccc3c(=O)c(Oc4ccc(-c5ccccc5)cc4)coc3c2)c(C)c1. The average Bonchev–Trinajstić information content (AvgIpc) is 2.91. The lowest BCUT2D eigenvalue weighted by atomic mass is 10.1. The molecule has 0 fully saturated rings. The molecule has 0 bridgehead atoms. The van der Waals surface area contributed by atoms with Gasteiger partial charge in [-0.15, -0.1) is 0 Å². The van der Waals surface area contributed by atoms with Gasteiger partial charge in [0.05, 0.1) is 5.39 Å². The minimum atomic E-state index is -0.299. The Kier molecular flexibility index (Phi) is 6.72. The molecular weight excluding hydrogens is 466 g/mol. The summed E-state index contributed by atoms with van der Waals surface area (Å²) in [6.07, 6.45) is 1.28. The fourth-order valence-electron chi connectivity index (χ4n) is 4.01. The van der Waals surface area contributed by atoms with Crippen LogP contribution in [0, 0.1) is 13.8 Å². The lowest BCUT2D eigenvalue weighted by Gasteiger charge is -2.11. The van der Waals surface area contributed by atoms with Gasteiger partial charge in [0.15, 0.2) is 6.61 Å². The highest BCUT2D eigenvalue weighted by atomic mass is 16.5. The van der Waals surface area contributed by atoms with E-state index in [0.29, 0.717) is 22.5 Å². The minimum absolute atomic E-state index is 0.0847. The van der Waals surface area contributed by atoms with Crippen molar-refractivity contribution in [3.63, 3.8) is 0 Å². The summed E-state index contributed by atoms with van der Waals surface area (Å²) in [6.45, 7) is 3.76. The number of carbonyl (C=O) groups is 1. The van der Waals surface area contributed by atoms with E-state index in [0.717, 1.165) is 27.9 Å². The van der Waals surface area contributed by atoms with Crippen molar-refractivity contribution < 1.29 is 18.7 Å². The molecule has 184 valence electrons. The average molecular weight is 492 g/mol. The molecule has 1 heterocycles. The van der Waals surface area contributed by atoms with Gasteiger partial charge in [0, 0.05) is 11.8 Å². The predicted molar refractivity (Wildman–Crippen MR) is 144 cm³/mol. The van der Waals surface area contributed by atoms with E-state index in [-0.39, 0.29) is 23.7 Å². The first-order valence-electron chi connectivity index (χ1n) is 11.8. The van der Waals surface area contributed by atoms with Crippen LogP contribution in [0.2, 0.25) is 0 Å². The molecule has 5 aromatic rings. The second-order valence-corrected chi connectivity index (χ2v) is 8.73. The van der Waals surface area contributed by atoms with Crippen LogP contribution in [0.5, 0.6) is 17.2 Å². The lowest BCUT2D eigenvalue weighted by Crippen LogP contribution is -2.20. The van der Waals surface area contributed by atoms with E-state index in [1.807, 2.05) is 86.6 Å². The van der Waals surface area contributed by atoms with Crippen molar-refractivity contribution in [3.8, 4) is 28.4 Å². The van der Waals surface area contributed by atoms with Crippen LogP contribution in [0.1, 0.15) is 11.1 Å². The quantitative estimate of drug-likeness (QED) is 0.268. The Morgan fingerprint density at radius 1 is 0.838 bits per heavy atom. The van der Waals surface area contributed by atoms with Gasteiger partial charge in [-0.25, -0.2) is 0 Å². The summed E-state index contributed by atoms with van der Waals surface area (Å²) < 4.78 is 17.1. The van der Waals surface area contributed by atoms with Gasteiger partial charge in [0.1, 0.15) is 23.3 Å². The molecule has 1 N–H and O–H groups in total. The van der Waals surface area contributed by atoms with Crippen LogP contribution < -0.4 is 20.2 Å². The van der Waals surface area contributed by atoms with E-state index in [2.05, 4.69) is 5.32 Å². The monoisotopic (exact) mass is 491 g/mol. The molecule has 0 aliphatic heterocycles. The van der Waals surface area contributed by atoms with Crippen LogP contribution in [-0.2, 0) is 4.79 Å². The van der Waals surface area contributed by atoms with Crippen molar-refractivity contribution in [2.24, 2.45) is 0 Å². The Hall–Kier alpha value is -4.84. The maximum Gasteiger partial charge on any atom is 0.262 e. The zero-order valence-electron chi connectivity index (χ0n) is 20.5. The number of nitrogens with one attached hydrogen (secondary N) is 1. The molecule has 0 saturated carbocycles. The Morgan fingerprint density at radius 3 is 2.32 bits per heavy atom. The van der Waals surface area contributed by atoms with E-state index in [1.54, 1.807) is 18.2 Å². The zero-order valence-corrected chi connectivity index (χ0v) is 20.5. The molecule has 0 saturated heterocycles. The highest BCUT2D eigenvalue weighted by Crippen LogP contribution is 2.27. The van der Waals surface area contributed by atoms with E-state index < -0.39 is 0 Å². The highest BCUT2D eigenvalue weighted by Gasteiger charge is 2.12. The molecule has 0 spiro atoms. The minimum Gasteiger partial charge on any atom is -0.484 e. The summed E-state index contributed by atoms with van der Waals surface area (Å²) in [5, 5.41) is 3.20. The highest BCUT2D eigenvalue weighted by molar-refractivity contribution is 5.92. The standard InChI is InChI=1S/C31H25NO5/c1-20-8-15-27(21(2)16-20)32-30(33)19-35-25-13-14-26-28(17-25)36-18-29(31(26)34)37-24-11-9-23(10-12-24)22-6-4-3-5-7-22/h3-18H,19H2,1-2H3,(H,32,33). The van der Waals surface area contributed by atoms with Crippen molar-refractivity contribution in [2.75, 3.05) is 11.9 Å². The second kappa shape index (κ2) is 10.4. The molecule has 0 aliphatic rings. The van der Waals surface area contributed by atoms with E-state index >= 15 is 0 Å². The van der Waals surface area contributed by atoms with Crippen molar-refractivity contribution in [3.05, 3.63) is 119 Å². The van der Waals surface area contributed by atoms with Crippen molar-refractivity contribution in [2.45, 2.75) is 13.8 Å². The number of ether oxygens (including phenoxy) is 2. The third-order valence-corrected chi connectivity index (χ3v) is 5.93. The van der Waals surface area contributed by atoms with Gasteiger partial charge in [0.25, 0.3) is 5.91 Å². The van der Waals surface area contributed by atoms with Crippen LogP contribution in [-0.4, -0.2) is 12.5 Å². The predicted octanol–water partition coefficient (Wildman–Crippen LogP) is 6.89. The van der Waals surface area contributed by atoms with Gasteiger partial charge in [-0.05, 0) is 60.9 Å². The first-order valence-corrected chi connectivity index (χ1v) is 11.8. The summed E-state index contributed by atoms with van der Waals surface area (Å²) in [5.41, 5.74) is 5.03. The lowest BCUT2D eigenvalue weighted by molar-refractivity contribution is -0.118. The third kappa shape index (κ3) is 5.54. The summed E-state index contributed by atoms with van der Waals surface area (Å²) in [6, 6.07) is 28.1. The summed E-state index contributed by atoms with van der Waals surface area (Å²) in [4.78, 5) is 25.3. The molecule has 4 aromatic carbocycles. The van der Waals surface area contributed by atoms with Gasteiger partial charge in [-0.3, -0.25) is 9.59 Å². The first kappa shape index (κ1) is 23.9. The maximum atomic E-state index is 13.0. The first-order chi connectivity index (χ1) is 18.0. The molecule has 0 radical (unpaired) electrons. The summed E-state index contributed by atoms with van der Waals surface area (Å²) >= 11 is 0. The molecule has 6 nitrogen and oxygen atoms in total. The number of carbonyl (C=O) groups excluding carboxylic acids is 1. The molecule has 37 heavy (non-hydrogen) atoms. The van der Waals surface area contributed by atoms with Crippen LogP contribution in [0.25, 0.3) is 22.1 Å². The van der Waals surface area contributed by atoms with Crippen LogP contribution in [0.4, 0.5) is 5.69 Å². The van der Waals surface area contributed by atoms with E-state index in [1.165, 1.54) is 6.26 Å². The second-order valence-electron chi connectivity index (χ2n) is 8.73. The Bertz CT molecular complexity index is 1620. The molecule has 0 unspecified atom stereocenters. The Balaban J connectivity index is 1.25. The van der Waals surface area contributed by atoms with Crippen molar-refractivity contribution >= 4 is 22.6 Å². The van der Waals surface area contributed by atoms with E-state index in [9.17, 15) is 9.59 Å². The number of amides is 1.